The van der Waals surface area contributed by atoms with Gasteiger partial charge in [-0.25, -0.2) is 0 Å². The van der Waals surface area contributed by atoms with Crippen LogP contribution in [0, 0.1) is 17.4 Å². The van der Waals surface area contributed by atoms with Gasteiger partial charge < -0.3 is 28.4 Å². The second-order valence-corrected chi connectivity index (χ2v) is 21.1. The Bertz CT molecular complexity index is 1830. The van der Waals surface area contributed by atoms with E-state index in [-0.39, 0.29) is 31.2 Å². The fourth-order valence-corrected chi connectivity index (χ4v) is 8.14. The van der Waals surface area contributed by atoms with E-state index in [1.165, 1.54) is 0 Å². The quantitative estimate of drug-likeness (QED) is 0.143. The largest absolute Gasteiger partial charge is 0.492 e. The van der Waals surface area contributed by atoms with Gasteiger partial charge in [0.05, 0.1) is 19.9 Å². The average Bonchev–Trinajstić information content (AvgIpc) is 3.67. The van der Waals surface area contributed by atoms with E-state index in [1.54, 1.807) is 0 Å². The van der Waals surface area contributed by atoms with Crippen molar-refractivity contribution in [3.8, 4) is 34.5 Å². The van der Waals surface area contributed by atoms with Gasteiger partial charge in [0.2, 0.25) is 0 Å². The molecule has 0 bridgehead atoms. The minimum Gasteiger partial charge on any atom is -0.492 e. The SMILES string of the molecule is CC1=C(c2cc(C#C[Si](C)(C)C)cc(OC3CCCCO3)c2)C(c2ccc(OC[C@H](C)N3CC[C@@H](CF)C3)cc2)Oc2ccc(OC3CCCCO3)cc21. The van der Waals surface area contributed by atoms with Crippen LogP contribution in [0.25, 0.3) is 11.1 Å². The van der Waals surface area contributed by atoms with Gasteiger partial charge in [-0.05, 0) is 118 Å². The van der Waals surface area contributed by atoms with Gasteiger partial charge >= 0.3 is 0 Å². The minimum atomic E-state index is -1.66. The number of ether oxygens (including phenoxy) is 6. The molecule has 4 aliphatic rings. The summed E-state index contributed by atoms with van der Waals surface area (Å²) in [5.41, 5.74) is 9.58. The summed E-state index contributed by atoms with van der Waals surface area (Å²) in [5, 5.41) is 0. The van der Waals surface area contributed by atoms with Crippen LogP contribution in [0.4, 0.5) is 4.39 Å². The Morgan fingerprint density at radius 2 is 1.56 bits per heavy atom. The zero-order valence-electron chi connectivity index (χ0n) is 32.6. The van der Waals surface area contributed by atoms with Crippen molar-refractivity contribution < 1.29 is 32.8 Å². The standard InChI is InChI=1S/C45H56FNO6Si/c1-31(47-20-18-34(28-46)29-47)30-50-37-14-12-35(13-15-37)45-44(32(2)40-27-38(16-17-41(40)53-45)51-42-10-6-8-21-48-42)36-24-33(19-23-54(3,4)5)25-39(26-36)52-43-11-7-9-22-49-43/h12-17,24-27,31,34,42-43,45H,6-11,18,20-22,28-30H2,1-5H3/t31-,34-,42?,43?,45?/m0/s1. The highest BCUT2D eigenvalue weighted by Crippen LogP contribution is 2.48. The fourth-order valence-electron chi connectivity index (χ4n) is 7.62. The summed E-state index contributed by atoms with van der Waals surface area (Å²) in [7, 11) is -1.66. The molecule has 3 aromatic rings. The van der Waals surface area contributed by atoms with Gasteiger partial charge in [-0.3, -0.25) is 9.29 Å². The van der Waals surface area contributed by atoms with Crippen molar-refractivity contribution >= 4 is 19.2 Å². The number of hydrogen-bond acceptors (Lipinski definition) is 7. The smallest absolute Gasteiger partial charge is 0.199 e. The molecule has 0 spiro atoms. The van der Waals surface area contributed by atoms with E-state index in [1.807, 2.05) is 30.3 Å². The molecule has 4 aliphatic heterocycles. The van der Waals surface area contributed by atoms with Crippen LogP contribution < -0.4 is 18.9 Å². The average molecular weight is 754 g/mol. The minimum absolute atomic E-state index is 0.138. The zero-order chi connectivity index (χ0) is 37.7. The van der Waals surface area contributed by atoms with E-state index in [4.69, 9.17) is 28.4 Å². The molecule has 3 fully saturated rings. The zero-order valence-corrected chi connectivity index (χ0v) is 33.6. The van der Waals surface area contributed by atoms with Crippen LogP contribution in [0.15, 0.2) is 60.7 Å². The Balaban J connectivity index is 1.23. The number of fused-ring (bicyclic) bond motifs is 1. The van der Waals surface area contributed by atoms with E-state index in [9.17, 15) is 4.39 Å². The van der Waals surface area contributed by atoms with Crippen LogP contribution >= 0.6 is 0 Å². The van der Waals surface area contributed by atoms with Crippen LogP contribution in [-0.2, 0) is 9.47 Å². The van der Waals surface area contributed by atoms with E-state index in [0.29, 0.717) is 13.2 Å². The van der Waals surface area contributed by atoms with Gasteiger partial charge in [0.25, 0.3) is 0 Å². The van der Waals surface area contributed by atoms with Crippen LogP contribution in [-0.4, -0.2) is 71.2 Å². The first-order valence-corrected chi connectivity index (χ1v) is 23.4. The second-order valence-electron chi connectivity index (χ2n) is 16.3. The maximum atomic E-state index is 13.2. The predicted octanol–water partition coefficient (Wildman–Crippen LogP) is 9.85. The summed E-state index contributed by atoms with van der Waals surface area (Å²) in [5.74, 6) is 6.73. The van der Waals surface area contributed by atoms with Crippen molar-refractivity contribution in [3.05, 3.63) is 82.9 Å². The number of allylic oxidation sites excluding steroid dienone is 1. The molecule has 0 saturated carbocycles. The molecule has 0 aliphatic carbocycles. The Hall–Kier alpha value is -3.81. The van der Waals surface area contributed by atoms with Gasteiger partial charge in [0, 0.05) is 48.0 Å². The number of likely N-dealkylation sites (tertiary alicyclic amines) is 1. The van der Waals surface area contributed by atoms with E-state index in [0.717, 1.165) is 121 Å². The number of nitrogens with zero attached hydrogens (tertiary/aromatic N) is 1. The molecular weight excluding hydrogens is 698 g/mol. The fraction of sp³-hybridized carbons (Fsp3) is 0.511. The Labute approximate surface area is 322 Å². The van der Waals surface area contributed by atoms with E-state index in [2.05, 4.69) is 80.2 Å². The van der Waals surface area contributed by atoms with Crippen LogP contribution in [0.2, 0.25) is 19.6 Å². The lowest BCUT2D eigenvalue weighted by Crippen LogP contribution is -2.35. The molecule has 54 heavy (non-hydrogen) atoms. The third kappa shape index (κ3) is 9.70. The number of hydrogen-bond donors (Lipinski definition) is 0. The first kappa shape index (κ1) is 38.5. The van der Waals surface area contributed by atoms with Crippen LogP contribution in [0.3, 0.4) is 0 Å². The number of alkyl halides is 1. The first-order chi connectivity index (χ1) is 26.1. The summed E-state index contributed by atoms with van der Waals surface area (Å²) < 4.78 is 51.2. The lowest BCUT2D eigenvalue weighted by Gasteiger charge is -2.32. The van der Waals surface area contributed by atoms with Gasteiger partial charge in [-0.15, -0.1) is 5.54 Å². The third-order valence-electron chi connectivity index (χ3n) is 10.7. The Kier molecular flexibility index (Phi) is 12.3. The molecule has 3 unspecified atom stereocenters. The first-order valence-electron chi connectivity index (χ1n) is 19.9. The third-order valence-corrected chi connectivity index (χ3v) is 11.6. The van der Waals surface area contributed by atoms with E-state index >= 15 is 0 Å². The van der Waals surface area contributed by atoms with Gasteiger partial charge in [-0.1, -0.05) is 37.7 Å². The molecule has 4 heterocycles. The molecule has 0 radical (unpaired) electrons. The molecule has 0 amide bonds. The normalized spacial score (nSPS) is 23.8. The topological polar surface area (TPSA) is 58.6 Å². The van der Waals surface area contributed by atoms with Crippen molar-refractivity contribution in [1.29, 1.82) is 0 Å². The maximum absolute atomic E-state index is 13.2. The lowest BCUT2D eigenvalue weighted by atomic mass is 9.85. The molecule has 3 aromatic carbocycles. The number of halogens is 1. The molecule has 5 atom stereocenters. The van der Waals surface area contributed by atoms with E-state index < -0.39 is 14.2 Å². The van der Waals surface area contributed by atoms with Gasteiger partial charge in [0.15, 0.2) is 12.6 Å². The molecule has 0 aromatic heterocycles. The van der Waals surface area contributed by atoms with Gasteiger partial charge in [-0.2, -0.15) is 0 Å². The van der Waals surface area contributed by atoms with Gasteiger partial charge in [0.1, 0.15) is 43.8 Å². The summed E-state index contributed by atoms with van der Waals surface area (Å²) in [6, 6.07) is 20.8. The summed E-state index contributed by atoms with van der Waals surface area (Å²) in [6.07, 6.45) is 6.02. The van der Waals surface area contributed by atoms with Crippen molar-refractivity contribution in [2.75, 3.05) is 39.6 Å². The molecule has 3 saturated heterocycles. The number of benzene rings is 3. The highest BCUT2D eigenvalue weighted by molar-refractivity contribution is 6.83. The monoisotopic (exact) mass is 753 g/mol. The van der Waals surface area contributed by atoms with Crippen molar-refractivity contribution in [3.63, 3.8) is 0 Å². The maximum Gasteiger partial charge on any atom is 0.199 e. The molecule has 0 N–H and O–H groups in total. The Morgan fingerprint density at radius 1 is 0.852 bits per heavy atom. The summed E-state index contributed by atoms with van der Waals surface area (Å²) >= 11 is 0. The second kappa shape index (κ2) is 17.3. The molecule has 288 valence electrons. The van der Waals surface area contributed by atoms with Crippen LogP contribution in [0.1, 0.15) is 87.2 Å². The number of rotatable bonds is 11. The van der Waals surface area contributed by atoms with Crippen molar-refractivity contribution in [2.24, 2.45) is 5.92 Å². The highest BCUT2D eigenvalue weighted by Gasteiger charge is 2.31. The van der Waals surface area contributed by atoms with Crippen molar-refractivity contribution in [1.82, 2.24) is 4.90 Å². The summed E-state index contributed by atoms with van der Waals surface area (Å²) in [6.45, 7) is 14.5. The molecule has 7 nitrogen and oxygen atoms in total. The Morgan fingerprint density at radius 3 is 2.20 bits per heavy atom. The lowest BCUT2D eigenvalue weighted by molar-refractivity contribution is -0.106. The van der Waals surface area contributed by atoms with Crippen molar-refractivity contribution in [2.45, 2.75) is 103 Å². The molecular formula is C45H56FNO6Si. The van der Waals surface area contributed by atoms with Crippen LogP contribution in [0.5, 0.6) is 23.0 Å². The predicted molar refractivity (Wildman–Crippen MR) is 214 cm³/mol. The summed E-state index contributed by atoms with van der Waals surface area (Å²) in [4.78, 5) is 2.32. The molecule has 7 rings (SSSR count). The molecule has 9 heteroatoms. The highest BCUT2D eigenvalue weighted by atomic mass is 28.3.